The SMILES string of the molecule is Cc1cn(-c2ccc(C(F)(F)F)cc2)c(=NC(=O)N(C)CCc2ccccn2)s1. The maximum Gasteiger partial charge on any atom is 0.416 e. The number of rotatable bonds is 4. The van der Waals surface area contributed by atoms with Gasteiger partial charge >= 0.3 is 12.2 Å². The molecule has 5 nitrogen and oxygen atoms in total. The molecular formula is C20H19F3N4OS. The first kappa shape index (κ1) is 20.8. The standard InChI is InChI=1S/C20H19F3N4OS/c1-14-13-27(17-8-6-15(7-9-17)20(21,22)23)19(29-14)25-18(28)26(2)12-10-16-5-3-4-11-24-16/h3-9,11,13H,10,12H2,1-2H3. The molecule has 0 radical (unpaired) electrons. The number of carbonyl (C=O) groups excluding carboxylic acids is 1. The van der Waals surface area contributed by atoms with Gasteiger partial charge in [0.1, 0.15) is 0 Å². The second-order valence-electron chi connectivity index (χ2n) is 6.43. The first-order valence-corrected chi connectivity index (χ1v) is 9.62. The fraction of sp³-hybridized carbons (Fsp3) is 0.250. The highest BCUT2D eigenvalue weighted by molar-refractivity contribution is 7.09. The van der Waals surface area contributed by atoms with Crippen LogP contribution in [0, 0.1) is 6.92 Å². The topological polar surface area (TPSA) is 50.5 Å². The van der Waals surface area contributed by atoms with E-state index < -0.39 is 17.8 Å². The summed E-state index contributed by atoms with van der Waals surface area (Å²) >= 11 is 1.29. The van der Waals surface area contributed by atoms with Crippen molar-refractivity contribution in [2.75, 3.05) is 13.6 Å². The van der Waals surface area contributed by atoms with Gasteiger partial charge in [0.2, 0.25) is 0 Å². The summed E-state index contributed by atoms with van der Waals surface area (Å²) in [6, 6.07) is 9.93. The molecule has 0 N–H and O–H groups in total. The summed E-state index contributed by atoms with van der Waals surface area (Å²) in [4.78, 5) is 23.7. The van der Waals surface area contributed by atoms with E-state index in [-0.39, 0.29) is 0 Å². The van der Waals surface area contributed by atoms with Gasteiger partial charge in [-0.25, -0.2) is 4.79 Å². The molecule has 2 heterocycles. The van der Waals surface area contributed by atoms with Crippen molar-refractivity contribution in [2.45, 2.75) is 19.5 Å². The first-order valence-electron chi connectivity index (χ1n) is 8.80. The maximum atomic E-state index is 12.8. The van der Waals surface area contributed by atoms with Crippen LogP contribution in [0.3, 0.4) is 0 Å². The van der Waals surface area contributed by atoms with Crippen LogP contribution < -0.4 is 4.80 Å². The van der Waals surface area contributed by atoms with Crippen LogP contribution in [0.4, 0.5) is 18.0 Å². The molecule has 1 aromatic carbocycles. The summed E-state index contributed by atoms with van der Waals surface area (Å²) in [5, 5.41) is 0. The Morgan fingerprint density at radius 3 is 2.55 bits per heavy atom. The van der Waals surface area contributed by atoms with Gasteiger partial charge in [-0.1, -0.05) is 6.07 Å². The summed E-state index contributed by atoms with van der Waals surface area (Å²) in [5.41, 5.74) is 0.654. The molecule has 0 aliphatic carbocycles. The van der Waals surface area contributed by atoms with E-state index in [0.717, 1.165) is 22.7 Å². The molecule has 9 heteroatoms. The number of thiazole rings is 1. The summed E-state index contributed by atoms with van der Waals surface area (Å²) < 4.78 is 40.0. The van der Waals surface area contributed by atoms with Gasteiger partial charge in [0.25, 0.3) is 0 Å². The molecule has 0 saturated heterocycles. The van der Waals surface area contributed by atoms with E-state index in [1.807, 2.05) is 25.1 Å². The van der Waals surface area contributed by atoms with E-state index in [1.165, 1.54) is 28.4 Å². The summed E-state index contributed by atoms with van der Waals surface area (Å²) in [7, 11) is 1.65. The average Bonchev–Trinajstić information content (AvgIpc) is 3.06. The molecule has 0 bridgehead atoms. The quantitative estimate of drug-likeness (QED) is 0.626. The Hall–Kier alpha value is -2.94. The number of pyridine rings is 1. The molecule has 0 unspecified atom stereocenters. The normalized spacial score (nSPS) is 12.2. The van der Waals surface area contributed by atoms with Gasteiger partial charge in [0.15, 0.2) is 4.80 Å². The molecule has 2 aromatic heterocycles. The minimum absolute atomic E-state index is 0.400. The number of hydrogen-bond acceptors (Lipinski definition) is 3. The molecule has 0 aliphatic heterocycles. The van der Waals surface area contributed by atoms with Crippen molar-refractivity contribution in [1.29, 1.82) is 0 Å². The Morgan fingerprint density at radius 2 is 1.93 bits per heavy atom. The molecule has 152 valence electrons. The number of halogens is 3. The van der Waals surface area contributed by atoms with Crippen LogP contribution >= 0.6 is 11.3 Å². The van der Waals surface area contributed by atoms with E-state index in [4.69, 9.17) is 0 Å². The lowest BCUT2D eigenvalue weighted by Gasteiger charge is -2.13. The van der Waals surface area contributed by atoms with Crippen LogP contribution in [0.2, 0.25) is 0 Å². The predicted octanol–water partition coefficient (Wildman–Crippen LogP) is 4.46. The van der Waals surface area contributed by atoms with Crippen molar-refractivity contribution in [3.63, 3.8) is 0 Å². The van der Waals surface area contributed by atoms with Crippen molar-refractivity contribution in [3.05, 3.63) is 75.8 Å². The molecule has 0 saturated carbocycles. The highest BCUT2D eigenvalue weighted by Crippen LogP contribution is 2.29. The minimum atomic E-state index is -4.40. The third kappa shape index (κ3) is 5.32. The highest BCUT2D eigenvalue weighted by atomic mass is 32.1. The van der Waals surface area contributed by atoms with Crippen molar-refractivity contribution >= 4 is 17.4 Å². The van der Waals surface area contributed by atoms with E-state index >= 15 is 0 Å². The number of carbonyl (C=O) groups is 1. The van der Waals surface area contributed by atoms with Crippen LogP contribution in [0.15, 0.2) is 59.9 Å². The monoisotopic (exact) mass is 420 g/mol. The molecular weight excluding hydrogens is 401 g/mol. The zero-order valence-electron chi connectivity index (χ0n) is 15.8. The largest absolute Gasteiger partial charge is 0.416 e. The fourth-order valence-corrected chi connectivity index (χ4v) is 3.45. The van der Waals surface area contributed by atoms with Crippen molar-refractivity contribution in [3.8, 4) is 5.69 Å². The van der Waals surface area contributed by atoms with Crippen LogP contribution in [-0.4, -0.2) is 34.1 Å². The van der Waals surface area contributed by atoms with Crippen LogP contribution in [0.5, 0.6) is 0 Å². The zero-order valence-corrected chi connectivity index (χ0v) is 16.7. The number of aromatic nitrogens is 2. The Balaban J connectivity index is 1.80. The molecule has 3 rings (SSSR count). The molecule has 0 atom stereocenters. The van der Waals surface area contributed by atoms with E-state index in [1.54, 1.807) is 24.0 Å². The predicted molar refractivity (Wildman–Crippen MR) is 105 cm³/mol. The van der Waals surface area contributed by atoms with Gasteiger partial charge in [-0.3, -0.25) is 9.55 Å². The van der Waals surface area contributed by atoms with Crippen molar-refractivity contribution < 1.29 is 18.0 Å². The third-order valence-electron chi connectivity index (χ3n) is 4.19. The number of benzene rings is 1. The zero-order chi connectivity index (χ0) is 21.0. The van der Waals surface area contributed by atoms with Gasteiger partial charge in [0, 0.05) is 48.7 Å². The second-order valence-corrected chi connectivity index (χ2v) is 7.64. The van der Waals surface area contributed by atoms with Gasteiger partial charge in [0.05, 0.1) is 5.56 Å². The molecule has 0 fully saturated rings. The minimum Gasteiger partial charge on any atom is -0.325 e. The Morgan fingerprint density at radius 1 is 1.21 bits per heavy atom. The second kappa shape index (κ2) is 8.60. The van der Waals surface area contributed by atoms with Crippen molar-refractivity contribution in [2.24, 2.45) is 4.99 Å². The summed E-state index contributed by atoms with van der Waals surface area (Å²) in [6.45, 7) is 2.30. The van der Waals surface area contributed by atoms with Gasteiger partial charge in [-0.05, 0) is 43.3 Å². The molecule has 29 heavy (non-hydrogen) atoms. The summed E-state index contributed by atoms with van der Waals surface area (Å²) in [6.07, 6.45) is -0.357. The van der Waals surface area contributed by atoms with Crippen LogP contribution in [0.25, 0.3) is 5.69 Å². The number of likely N-dealkylation sites (N-methyl/N-ethyl adjacent to an activating group) is 1. The number of hydrogen-bond donors (Lipinski definition) is 0. The lowest BCUT2D eigenvalue weighted by atomic mass is 10.2. The van der Waals surface area contributed by atoms with Crippen LogP contribution in [0.1, 0.15) is 16.1 Å². The molecule has 3 aromatic rings. The average molecular weight is 420 g/mol. The number of urea groups is 1. The van der Waals surface area contributed by atoms with E-state index in [0.29, 0.717) is 23.5 Å². The Labute approximate surface area is 169 Å². The molecule has 0 spiro atoms. The fourth-order valence-electron chi connectivity index (χ4n) is 2.62. The smallest absolute Gasteiger partial charge is 0.325 e. The van der Waals surface area contributed by atoms with Crippen LogP contribution in [-0.2, 0) is 12.6 Å². The highest BCUT2D eigenvalue weighted by Gasteiger charge is 2.30. The Kier molecular flexibility index (Phi) is 6.17. The molecule has 0 aliphatic rings. The van der Waals surface area contributed by atoms with E-state index in [9.17, 15) is 18.0 Å². The Bertz CT molecular complexity index is 1040. The molecule has 2 amide bonds. The van der Waals surface area contributed by atoms with E-state index in [2.05, 4.69) is 9.98 Å². The number of amides is 2. The van der Waals surface area contributed by atoms with Gasteiger partial charge in [-0.2, -0.15) is 18.2 Å². The number of alkyl halides is 3. The lowest BCUT2D eigenvalue weighted by molar-refractivity contribution is -0.137. The number of aryl methyl sites for hydroxylation is 1. The van der Waals surface area contributed by atoms with Gasteiger partial charge < -0.3 is 4.90 Å². The third-order valence-corrected chi connectivity index (χ3v) is 5.09. The first-order chi connectivity index (χ1) is 13.7. The summed E-state index contributed by atoms with van der Waals surface area (Å²) in [5.74, 6) is 0. The van der Waals surface area contributed by atoms with Crippen molar-refractivity contribution in [1.82, 2.24) is 14.5 Å². The maximum absolute atomic E-state index is 12.8. The van der Waals surface area contributed by atoms with Gasteiger partial charge in [-0.15, -0.1) is 11.3 Å². The lowest BCUT2D eigenvalue weighted by Crippen LogP contribution is -2.28. The number of nitrogens with zero attached hydrogens (tertiary/aromatic N) is 4.